The number of ether oxygens (including phenoxy) is 1. The Bertz CT molecular complexity index is 887. The van der Waals surface area contributed by atoms with E-state index >= 15 is 0 Å². The molecule has 1 unspecified atom stereocenters. The maximum Gasteiger partial charge on any atom is 0.330 e. The van der Waals surface area contributed by atoms with Crippen molar-refractivity contribution < 1.29 is 20.1 Å². The third-order valence-electron chi connectivity index (χ3n) is 4.31. The van der Waals surface area contributed by atoms with Gasteiger partial charge in [-0.2, -0.15) is 0 Å². The Morgan fingerprint density at radius 1 is 1.27 bits per heavy atom. The summed E-state index contributed by atoms with van der Waals surface area (Å²) in [5.74, 6) is 0.176. The van der Waals surface area contributed by atoms with Crippen molar-refractivity contribution in [3.05, 3.63) is 44.5 Å². The van der Waals surface area contributed by atoms with E-state index in [0.717, 1.165) is 10.3 Å². The third kappa shape index (κ3) is 3.33. The summed E-state index contributed by atoms with van der Waals surface area (Å²) < 4.78 is 7.79. The number of nitrogens with one attached hydrogen (secondary N) is 1. The molecule has 0 bridgehead atoms. The molecule has 3 rings (SSSR count). The lowest BCUT2D eigenvalue weighted by Gasteiger charge is -2.18. The van der Waals surface area contributed by atoms with Crippen molar-refractivity contribution in [2.75, 3.05) is 6.61 Å². The summed E-state index contributed by atoms with van der Waals surface area (Å²) in [7, 11) is 0. The lowest BCUT2D eigenvalue weighted by atomic mass is 10.1. The molecule has 1 aliphatic rings. The molecule has 0 spiro atoms. The molecule has 3 heterocycles. The molecule has 26 heavy (non-hydrogen) atoms. The molecule has 142 valence electrons. The summed E-state index contributed by atoms with van der Waals surface area (Å²) >= 11 is 0. The molecule has 2 aromatic heterocycles. The molecular formula is C15H21N5O6. The van der Waals surface area contributed by atoms with Crippen molar-refractivity contribution in [3.8, 4) is 0 Å². The summed E-state index contributed by atoms with van der Waals surface area (Å²) in [4.78, 5) is 26.4. The molecule has 0 amide bonds. The van der Waals surface area contributed by atoms with Gasteiger partial charge in [-0.15, -0.1) is 5.10 Å². The van der Waals surface area contributed by atoms with Crippen LogP contribution in [0.2, 0.25) is 0 Å². The van der Waals surface area contributed by atoms with Crippen molar-refractivity contribution in [1.29, 1.82) is 0 Å². The highest BCUT2D eigenvalue weighted by Crippen LogP contribution is 2.28. The molecule has 1 aliphatic heterocycles. The van der Waals surface area contributed by atoms with Gasteiger partial charge in [0.15, 0.2) is 6.23 Å². The van der Waals surface area contributed by atoms with Crippen LogP contribution in [0.1, 0.15) is 37.3 Å². The standard InChI is InChI=1S/C15H21N5O6/c1-7(2)9-5-19(18-17-9)3-8-4-20(15(25)16-13(8)24)14-12(23)11(22)10(6-21)26-14/h4-5,7,10-12,14,21-23H,3,6H2,1-2H3,(H,16,24,25)/t10-,11?,12+,14-/m1/s1. The Balaban J connectivity index is 1.92. The number of aliphatic hydroxyl groups is 3. The van der Waals surface area contributed by atoms with Gasteiger partial charge in [-0.05, 0) is 5.92 Å². The third-order valence-corrected chi connectivity index (χ3v) is 4.31. The van der Waals surface area contributed by atoms with Crippen molar-refractivity contribution in [2.24, 2.45) is 0 Å². The van der Waals surface area contributed by atoms with Gasteiger partial charge in [0.25, 0.3) is 5.56 Å². The van der Waals surface area contributed by atoms with E-state index in [9.17, 15) is 19.8 Å². The zero-order chi connectivity index (χ0) is 19.0. The van der Waals surface area contributed by atoms with Crippen LogP contribution in [-0.2, 0) is 11.3 Å². The van der Waals surface area contributed by atoms with Crippen LogP contribution in [0, 0.1) is 0 Å². The number of H-pyrrole nitrogens is 1. The van der Waals surface area contributed by atoms with Crippen LogP contribution in [0.15, 0.2) is 22.0 Å². The number of hydrogen-bond donors (Lipinski definition) is 4. The summed E-state index contributed by atoms with van der Waals surface area (Å²) in [6.07, 6.45) is -2.09. The van der Waals surface area contributed by atoms with Gasteiger partial charge in [-0.3, -0.25) is 14.3 Å². The first-order valence-electron chi connectivity index (χ1n) is 8.18. The van der Waals surface area contributed by atoms with Crippen molar-refractivity contribution >= 4 is 0 Å². The molecule has 0 saturated carbocycles. The summed E-state index contributed by atoms with van der Waals surface area (Å²) in [6, 6.07) is 0. The average Bonchev–Trinajstić information content (AvgIpc) is 3.17. The highest BCUT2D eigenvalue weighted by Gasteiger charge is 2.43. The monoisotopic (exact) mass is 367 g/mol. The zero-order valence-corrected chi connectivity index (χ0v) is 14.3. The Kier molecular flexibility index (Phi) is 5.05. The van der Waals surface area contributed by atoms with Crippen molar-refractivity contribution in [3.63, 3.8) is 0 Å². The Labute approximate surface area is 147 Å². The van der Waals surface area contributed by atoms with Crippen LogP contribution in [0.25, 0.3) is 0 Å². The van der Waals surface area contributed by atoms with Gasteiger partial charge in [0, 0.05) is 12.4 Å². The quantitative estimate of drug-likeness (QED) is 0.469. The zero-order valence-electron chi connectivity index (χ0n) is 14.3. The molecule has 0 aliphatic carbocycles. The maximum atomic E-state index is 12.1. The largest absolute Gasteiger partial charge is 0.394 e. The minimum absolute atomic E-state index is 0.0597. The van der Waals surface area contributed by atoms with Crippen molar-refractivity contribution in [2.45, 2.75) is 50.8 Å². The van der Waals surface area contributed by atoms with E-state index in [1.807, 2.05) is 13.8 Å². The second-order valence-corrected chi connectivity index (χ2v) is 6.55. The Morgan fingerprint density at radius 3 is 2.58 bits per heavy atom. The number of hydrogen-bond acceptors (Lipinski definition) is 8. The lowest BCUT2D eigenvalue weighted by molar-refractivity contribution is -0.0551. The van der Waals surface area contributed by atoms with E-state index in [4.69, 9.17) is 9.84 Å². The highest BCUT2D eigenvalue weighted by atomic mass is 16.6. The highest BCUT2D eigenvalue weighted by molar-refractivity contribution is 5.08. The second kappa shape index (κ2) is 7.11. The van der Waals surface area contributed by atoms with Crippen LogP contribution in [-0.4, -0.2) is 64.8 Å². The van der Waals surface area contributed by atoms with Gasteiger partial charge in [0.1, 0.15) is 18.3 Å². The van der Waals surface area contributed by atoms with E-state index in [1.165, 1.54) is 10.9 Å². The number of aromatic amines is 1. The average molecular weight is 367 g/mol. The van der Waals surface area contributed by atoms with E-state index in [2.05, 4.69) is 15.3 Å². The molecule has 11 heteroatoms. The molecular weight excluding hydrogens is 346 g/mol. The van der Waals surface area contributed by atoms with E-state index in [1.54, 1.807) is 6.20 Å². The molecule has 4 N–H and O–H groups in total. The molecule has 1 fully saturated rings. The fraction of sp³-hybridized carbons (Fsp3) is 0.600. The molecule has 0 radical (unpaired) electrons. The predicted molar refractivity (Wildman–Crippen MR) is 87.5 cm³/mol. The number of rotatable bonds is 5. The molecule has 0 aromatic carbocycles. The molecule has 4 atom stereocenters. The smallest absolute Gasteiger partial charge is 0.330 e. The van der Waals surface area contributed by atoms with Gasteiger partial charge < -0.3 is 20.1 Å². The number of aromatic nitrogens is 5. The van der Waals surface area contributed by atoms with E-state index < -0.39 is 42.4 Å². The predicted octanol–water partition coefficient (Wildman–Crippen LogP) is -2.09. The molecule has 11 nitrogen and oxygen atoms in total. The summed E-state index contributed by atoms with van der Waals surface area (Å²) in [5.41, 5.74) is -0.435. The van der Waals surface area contributed by atoms with Crippen molar-refractivity contribution in [1.82, 2.24) is 24.5 Å². The first-order chi connectivity index (χ1) is 12.3. The number of aliphatic hydroxyl groups excluding tert-OH is 3. The lowest BCUT2D eigenvalue weighted by Crippen LogP contribution is -2.39. The van der Waals surface area contributed by atoms with Crippen LogP contribution in [0.3, 0.4) is 0 Å². The number of nitrogens with zero attached hydrogens (tertiary/aromatic N) is 4. The topological polar surface area (TPSA) is 155 Å². The fourth-order valence-corrected chi connectivity index (χ4v) is 2.77. The van der Waals surface area contributed by atoms with Gasteiger partial charge in [-0.25, -0.2) is 9.48 Å². The minimum Gasteiger partial charge on any atom is -0.394 e. The molecule has 2 aromatic rings. The van der Waals surface area contributed by atoms with Crippen LogP contribution < -0.4 is 11.2 Å². The van der Waals surface area contributed by atoms with Gasteiger partial charge in [0.2, 0.25) is 0 Å². The van der Waals surface area contributed by atoms with E-state index in [0.29, 0.717) is 0 Å². The van der Waals surface area contributed by atoms with Gasteiger partial charge in [-0.1, -0.05) is 19.1 Å². The first kappa shape index (κ1) is 18.5. The van der Waals surface area contributed by atoms with Crippen LogP contribution >= 0.6 is 0 Å². The second-order valence-electron chi connectivity index (χ2n) is 6.55. The maximum absolute atomic E-state index is 12.1. The Hall–Kier alpha value is -2.34. The Morgan fingerprint density at radius 2 is 2.00 bits per heavy atom. The van der Waals surface area contributed by atoms with E-state index in [-0.39, 0.29) is 18.0 Å². The van der Waals surface area contributed by atoms with Gasteiger partial charge >= 0.3 is 5.69 Å². The normalized spacial score (nSPS) is 25.9. The van der Waals surface area contributed by atoms with Crippen LogP contribution in [0.5, 0.6) is 0 Å². The minimum atomic E-state index is -1.43. The SMILES string of the molecule is CC(C)c1cn(Cc2cn([C@@H]3O[C@H](CO)C(O)[C@@H]3O)c(=O)[nH]c2=O)nn1. The molecule has 1 saturated heterocycles. The summed E-state index contributed by atoms with van der Waals surface area (Å²) in [5, 5.41) is 37.1. The first-order valence-corrected chi connectivity index (χ1v) is 8.18. The van der Waals surface area contributed by atoms with Gasteiger partial charge in [0.05, 0.1) is 24.4 Å². The fourth-order valence-electron chi connectivity index (χ4n) is 2.77. The summed E-state index contributed by atoms with van der Waals surface area (Å²) in [6.45, 7) is 3.47. The van der Waals surface area contributed by atoms with Crippen LogP contribution in [0.4, 0.5) is 0 Å².